The van der Waals surface area contributed by atoms with E-state index >= 15 is 0 Å². The molecule has 1 aromatic carbocycles. The van der Waals surface area contributed by atoms with E-state index in [4.69, 9.17) is 10.1 Å². The van der Waals surface area contributed by atoms with Crippen LogP contribution in [-0.4, -0.2) is 27.2 Å². The number of amides is 1. The van der Waals surface area contributed by atoms with E-state index in [0.29, 0.717) is 6.42 Å². The van der Waals surface area contributed by atoms with Crippen molar-refractivity contribution < 1.29 is 4.79 Å². The van der Waals surface area contributed by atoms with Crippen LogP contribution in [0.5, 0.6) is 0 Å². The zero-order valence-electron chi connectivity index (χ0n) is 16.8. The van der Waals surface area contributed by atoms with Crippen molar-refractivity contribution in [1.29, 1.82) is 0 Å². The fourth-order valence-electron chi connectivity index (χ4n) is 3.74. The Morgan fingerprint density at radius 2 is 2.04 bits per heavy atom. The highest BCUT2D eigenvalue weighted by Crippen LogP contribution is 2.29. The number of hydrogen-bond donors (Lipinski definition) is 2. The van der Waals surface area contributed by atoms with Crippen molar-refractivity contribution in [2.45, 2.75) is 53.1 Å². The van der Waals surface area contributed by atoms with Crippen LogP contribution in [-0.2, 0) is 17.9 Å². The molecule has 1 aliphatic heterocycles. The van der Waals surface area contributed by atoms with Crippen LogP contribution in [0.15, 0.2) is 24.3 Å². The lowest BCUT2D eigenvalue weighted by atomic mass is 10.0. The van der Waals surface area contributed by atoms with Crippen molar-refractivity contribution in [3.8, 4) is 11.4 Å². The van der Waals surface area contributed by atoms with Gasteiger partial charge in [-0.15, -0.1) is 0 Å². The van der Waals surface area contributed by atoms with Gasteiger partial charge in [-0.2, -0.15) is 5.10 Å². The molecule has 0 spiro atoms. The third kappa shape index (κ3) is 3.64. The molecule has 0 aliphatic carbocycles. The van der Waals surface area contributed by atoms with E-state index < -0.39 is 0 Å². The van der Waals surface area contributed by atoms with Gasteiger partial charge in [-0.3, -0.25) is 9.48 Å². The van der Waals surface area contributed by atoms with E-state index in [1.165, 1.54) is 5.69 Å². The van der Waals surface area contributed by atoms with Gasteiger partial charge in [0.15, 0.2) is 0 Å². The van der Waals surface area contributed by atoms with Gasteiger partial charge >= 0.3 is 0 Å². The molecule has 0 saturated heterocycles. The Morgan fingerprint density at radius 3 is 2.86 bits per heavy atom. The summed E-state index contributed by atoms with van der Waals surface area (Å²) in [6.07, 6.45) is 2.46. The smallest absolute Gasteiger partial charge is 0.224 e. The predicted octanol–water partition coefficient (Wildman–Crippen LogP) is 3.95. The average molecular weight is 377 g/mol. The van der Waals surface area contributed by atoms with Gasteiger partial charge in [0.25, 0.3) is 0 Å². The molecule has 0 fully saturated rings. The fourth-order valence-corrected chi connectivity index (χ4v) is 3.74. The van der Waals surface area contributed by atoms with Crippen molar-refractivity contribution in [2.24, 2.45) is 0 Å². The van der Waals surface area contributed by atoms with Gasteiger partial charge in [-0.1, -0.05) is 6.92 Å². The Hall–Kier alpha value is -2.73. The molecule has 0 saturated carbocycles. The lowest BCUT2D eigenvalue weighted by molar-refractivity contribution is -0.116. The molecule has 0 atom stereocenters. The molecule has 2 aromatic heterocycles. The van der Waals surface area contributed by atoms with Gasteiger partial charge in [0.2, 0.25) is 5.91 Å². The number of nitrogens with one attached hydrogen (secondary N) is 2. The van der Waals surface area contributed by atoms with Crippen LogP contribution in [0.3, 0.4) is 0 Å². The summed E-state index contributed by atoms with van der Waals surface area (Å²) in [5.41, 5.74) is 6.97. The second-order valence-electron chi connectivity index (χ2n) is 7.58. The molecular formula is C22H27N5O. The lowest BCUT2D eigenvalue weighted by Crippen LogP contribution is -2.11. The summed E-state index contributed by atoms with van der Waals surface area (Å²) in [5.74, 6) is 0.0558. The normalized spacial score (nSPS) is 14.0. The third-order valence-electron chi connectivity index (χ3n) is 5.27. The minimum Gasteiger partial charge on any atom is -0.326 e. The number of rotatable bonds is 4. The molecule has 0 unspecified atom stereocenters. The molecule has 0 bridgehead atoms. The molecule has 3 heterocycles. The summed E-state index contributed by atoms with van der Waals surface area (Å²) in [4.78, 5) is 16.9. The topological polar surface area (TPSA) is 71.8 Å². The molecule has 4 rings (SSSR count). The second-order valence-corrected chi connectivity index (χ2v) is 7.58. The Kier molecular flexibility index (Phi) is 5.13. The van der Waals surface area contributed by atoms with Crippen LogP contribution in [0.2, 0.25) is 0 Å². The number of hydrogen-bond acceptors (Lipinski definition) is 4. The SMILES string of the molecule is CCCC(=O)Nc1cc2c(C)cc(-c3cc4n(n3)CCCNC4)nc2cc1C. The summed E-state index contributed by atoms with van der Waals surface area (Å²) in [6.45, 7) is 8.92. The fraction of sp³-hybridized carbons (Fsp3) is 0.409. The summed E-state index contributed by atoms with van der Waals surface area (Å²) in [7, 11) is 0. The van der Waals surface area contributed by atoms with Crippen molar-refractivity contribution >= 4 is 22.5 Å². The Bertz CT molecular complexity index is 1010. The minimum absolute atomic E-state index is 0.0558. The van der Waals surface area contributed by atoms with Gasteiger partial charge in [-0.05, 0) is 68.6 Å². The van der Waals surface area contributed by atoms with Crippen LogP contribution in [0, 0.1) is 13.8 Å². The molecule has 6 nitrogen and oxygen atoms in total. The van der Waals surface area contributed by atoms with Gasteiger partial charge in [0.1, 0.15) is 5.69 Å². The highest BCUT2D eigenvalue weighted by atomic mass is 16.1. The molecule has 2 N–H and O–H groups in total. The molecule has 1 aliphatic rings. The van der Waals surface area contributed by atoms with Crippen LogP contribution in [0.1, 0.15) is 43.0 Å². The predicted molar refractivity (Wildman–Crippen MR) is 112 cm³/mol. The zero-order valence-corrected chi connectivity index (χ0v) is 16.8. The van der Waals surface area contributed by atoms with E-state index in [-0.39, 0.29) is 5.91 Å². The first-order valence-electron chi connectivity index (χ1n) is 10.0. The number of fused-ring (bicyclic) bond motifs is 2. The number of nitrogens with zero attached hydrogens (tertiary/aromatic N) is 3. The number of carbonyl (C=O) groups is 1. The quantitative estimate of drug-likeness (QED) is 0.722. The molecule has 0 radical (unpaired) electrons. The summed E-state index contributed by atoms with van der Waals surface area (Å²) >= 11 is 0. The number of aryl methyl sites for hydroxylation is 3. The molecule has 1 amide bonds. The second kappa shape index (κ2) is 7.72. The van der Waals surface area contributed by atoms with Crippen LogP contribution in [0.4, 0.5) is 5.69 Å². The monoisotopic (exact) mass is 377 g/mol. The number of benzene rings is 1. The van der Waals surface area contributed by atoms with Crippen LogP contribution >= 0.6 is 0 Å². The Labute approximate surface area is 165 Å². The number of anilines is 1. The van der Waals surface area contributed by atoms with Crippen molar-refractivity contribution in [3.63, 3.8) is 0 Å². The highest BCUT2D eigenvalue weighted by molar-refractivity contribution is 5.96. The first-order valence-corrected chi connectivity index (χ1v) is 10.0. The maximum atomic E-state index is 12.0. The average Bonchev–Trinajstić information content (AvgIpc) is 2.93. The van der Waals surface area contributed by atoms with E-state index in [2.05, 4.69) is 40.4 Å². The van der Waals surface area contributed by atoms with Crippen molar-refractivity contribution in [2.75, 3.05) is 11.9 Å². The Balaban J connectivity index is 1.72. The van der Waals surface area contributed by atoms with E-state index in [9.17, 15) is 4.79 Å². The van der Waals surface area contributed by atoms with Gasteiger partial charge in [-0.25, -0.2) is 4.98 Å². The standard InChI is InChI=1S/C22H27N5O/c1-4-6-22(28)25-18-12-17-14(2)9-20(24-19(17)10-15(18)3)21-11-16-13-23-7-5-8-27(16)26-21/h9-12,23H,4-8,13H2,1-3H3,(H,25,28). The van der Waals surface area contributed by atoms with Gasteiger partial charge in [0, 0.05) is 30.6 Å². The van der Waals surface area contributed by atoms with Crippen LogP contribution < -0.4 is 10.6 Å². The molecule has 28 heavy (non-hydrogen) atoms. The summed E-state index contributed by atoms with van der Waals surface area (Å²) < 4.78 is 2.09. The van der Waals surface area contributed by atoms with Gasteiger partial charge in [0.05, 0.1) is 16.9 Å². The molecule has 6 heteroatoms. The zero-order chi connectivity index (χ0) is 19.7. The van der Waals surface area contributed by atoms with Crippen molar-refractivity contribution in [3.05, 3.63) is 41.1 Å². The third-order valence-corrected chi connectivity index (χ3v) is 5.27. The summed E-state index contributed by atoms with van der Waals surface area (Å²) in [5, 5.41) is 12.3. The maximum absolute atomic E-state index is 12.0. The van der Waals surface area contributed by atoms with Crippen LogP contribution in [0.25, 0.3) is 22.3 Å². The first kappa shape index (κ1) is 18.6. The van der Waals surface area contributed by atoms with E-state index in [1.54, 1.807) is 0 Å². The molecular weight excluding hydrogens is 350 g/mol. The van der Waals surface area contributed by atoms with E-state index in [1.807, 2.05) is 19.9 Å². The largest absolute Gasteiger partial charge is 0.326 e. The van der Waals surface area contributed by atoms with E-state index in [0.717, 1.165) is 71.6 Å². The first-order chi connectivity index (χ1) is 13.5. The molecule has 3 aromatic rings. The minimum atomic E-state index is 0.0558. The lowest BCUT2D eigenvalue weighted by Gasteiger charge is -2.12. The number of aromatic nitrogens is 3. The highest BCUT2D eigenvalue weighted by Gasteiger charge is 2.15. The number of carbonyl (C=O) groups excluding carboxylic acids is 1. The summed E-state index contributed by atoms with van der Waals surface area (Å²) in [6, 6.07) is 8.32. The molecule has 146 valence electrons. The van der Waals surface area contributed by atoms with Crippen molar-refractivity contribution in [1.82, 2.24) is 20.1 Å². The maximum Gasteiger partial charge on any atom is 0.224 e. The number of pyridine rings is 1. The van der Waals surface area contributed by atoms with Gasteiger partial charge < -0.3 is 10.6 Å². The Morgan fingerprint density at radius 1 is 1.18 bits per heavy atom.